The van der Waals surface area contributed by atoms with Gasteiger partial charge < -0.3 is 14.6 Å². The standard InChI is InChI=1S/C35H36FN3O5S2/c1-3-5-9-21-44-26-16-12-23(13-17-26)30-29(31(40)24-14-18-27(19-15-24)43-20-6-4-2)32(41)33(42)39(30)34-37-38-35(46-34)45-22-25-10-7-8-11-28(25)36/h7-8,10-19,30,40H,3-6,9,20-22H2,1-2H3. The smallest absolute Gasteiger partial charge is 0.301 e. The number of hydrogen-bond donors (Lipinski definition) is 1. The van der Waals surface area contributed by atoms with Gasteiger partial charge in [0, 0.05) is 11.3 Å². The van der Waals surface area contributed by atoms with Crippen LogP contribution in [0.1, 0.15) is 68.7 Å². The SMILES string of the molecule is CCCCCOc1ccc(C2C(=C(O)c3ccc(OCCCC)cc3)C(=O)C(=O)N2c2nnc(SCc3ccccc3F)s2)cc1. The van der Waals surface area contributed by atoms with Gasteiger partial charge in [0.05, 0.1) is 24.8 Å². The van der Waals surface area contributed by atoms with Gasteiger partial charge in [-0.1, -0.05) is 86.5 Å². The van der Waals surface area contributed by atoms with E-state index in [4.69, 9.17) is 9.47 Å². The number of aliphatic hydroxyl groups excluding tert-OH is 1. The van der Waals surface area contributed by atoms with Crippen molar-refractivity contribution >= 4 is 45.7 Å². The summed E-state index contributed by atoms with van der Waals surface area (Å²) in [4.78, 5) is 28.5. The zero-order valence-electron chi connectivity index (χ0n) is 25.8. The minimum absolute atomic E-state index is 0.0583. The number of hydrogen-bond acceptors (Lipinski definition) is 9. The molecule has 5 rings (SSSR count). The van der Waals surface area contributed by atoms with Crippen LogP contribution >= 0.6 is 23.1 Å². The van der Waals surface area contributed by atoms with Gasteiger partial charge in [0.1, 0.15) is 23.1 Å². The van der Waals surface area contributed by atoms with Crippen LogP contribution in [0.15, 0.2) is 82.7 Å². The second kappa shape index (κ2) is 15.9. The van der Waals surface area contributed by atoms with Crippen molar-refractivity contribution in [3.63, 3.8) is 0 Å². The molecule has 1 atom stereocenters. The fourth-order valence-corrected chi connectivity index (χ4v) is 6.80. The summed E-state index contributed by atoms with van der Waals surface area (Å²) in [6.45, 7) is 5.37. The van der Waals surface area contributed by atoms with Gasteiger partial charge in [-0.05, 0) is 66.4 Å². The number of ether oxygens (including phenoxy) is 2. The summed E-state index contributed by atoms with van der Waals surface area (Å²) >= 11 is 2.41. The highest BCUT2D eigenvalue weighted by atomic mass is 32.2. The van der Waals surface area contributed by atoms with Crippen LogP contribution in [-0.4, -0.2) is 40.2 Å². The summed E-state index contributed by atoms with van der Waals surface area (Å²) < 4.78 is 26.3. The number of amides is 1. The van der Waals surface area contributed by atoms with E-state index in [-0.39, 0.29) is 22.3 Å². The Morgan fingerprint density at radius 3 is 2.22 bits per heavy atom. The molecule has 0 bridgehead atoms. The average molecular weight is 662 g/mol. The molecule has 11 heteroatoms. The minimum atomic E-state index is -0.966. The number of carbonyl (C=O) groups is 2. The zero-order chi connectivity index (χ0) is 32.5. The molecule has 2 heterocycles. The van der Waals surface area contributed by atoms with Crippen molar-refractivity contribution in [2.75, 3.05) is 18.1 Å². The quantitative estimate of drug-likeness (QED) is 0.0339. The molecule has 0 spiro atoms. The summed E-state index contributed by atoms with van der Waals surface area (Å²) in [5.41, 5.74) is 1.43. The van der Waals surface area contributed by atoms with Crippen molar-refractivity contribution in [1.82, 2.24) is 10.2 Å². The van der Waals surface area contributed by atoms with Gasteiger partial charge in [0.25, 0.3) is 5.78 Å². The van der Waals surface area contributed by atoms with Crippen molar-refractivity contribution < 1.29 is 28.6 Å². The number of Topliss-reactive ketones (excluding diaryl/α,β-unsaturated/α-hetero) is 1. The predicted molar refractivity (Wildman–Crippen MR) is 179 cm³/mol. The van der Waals surface area contributed by atoms with E-state index in [2.05, 4.69) is 24.0 Å². The highest BCUT2D eigenvalue weighted by molar-refractivity contribution is 8.00. The maximum atomic E-state index is 14.2. The average Bonchev–Trinajstić information content (AvgIpc) is 3.64. The Balaban J connectivity index is 1.47. The molecule has 1 aromatic heterocycles. The molecular formula is C35H36FN3O5S2. The summed E-state index contributed by atoms with van der Waals surface area (Å²) in [7, 11) is 0. The lowest BCUT2D eigenvalue weighted by molar-refractivity contribution is -0.132. The molecule has 1 saturated heterocycles. The molecule has 8 nitrogen and oxygen atoms in total. The van der Waals surface area contributed by atoms with Gasteiger partial charge in [-0.3, -0.25) is 14.5 Å². The van der Waals surface area contributed by atoms with Gasteiger partial charge in [-0.25, -0.2) is 4.39 Å². The number of aliphatic hydroxyl groups is 1. The lowest BCUT2D eigenvalue weighted by atomic mass is 9.95. The third-order valence-electron chi connectivity index (χ3n) is 7.46. The van der Waals surface area contributed by atoms with E-state index in [1.165, 1.54) is 22.7 Å². The largest absolute Gasteiger partial charge is 0.507 e. The monoisotopic (exact) mass is 661 g/mol. The van der Waals surface area contributed by atoms with Crippen LogP contribution in [0.4, 0.5) is 9.52 Å². The minimum Gasteiger partial charge on any atom is -0.507 e. The summed E-state index contributed by atoms with van der Waals surface area (Å²) in [6.07, 6.45) is 5.02. The first-order chi connectivity index (χ1) is 22.4. The van der Waals surface area contributed by atoms with Gasteiger partial charge in [-0.15, -0.1) is 10.2 Å². The molecule has 1 N–H and O–H groups in total. The Labute approximate surface area is 276 Å². The second-order valence-corrected chi connectivity index (χ2v) is 12.9. The lowest BCUT2D eigenvalue weighted by Crippen LogP contribution is -2.29. The van der Waals surface area contributed by atoms with Crippen molar-refractivity contribution in [2.24, 2.45) is 0 Å². The van der Waals surface area contributed by atoms with Crippen LogP contribution in [0.25, 0.3) is 5.76 Å². The fraction of sp³-hybridized carbons (Fsp3) is 0.314. The van der Waals surface area contributed by atoms with Crippen molar-refractivity contribution in [3.8, 4) is 11.5 Å². The summed E-state index contributed by atoms with van der Waals surface area (Å²) in [5, 5.41) is 20.2. The number of rotatable bonds is 15. The van der Waals surface area contributed by atoms with Crippen LogP contribution in [0, 0.1) is 5.82 Å². The van der Waals surface area contributed by atoms with E-state index in [1.54, 1.807) is 66.7 Å². The topological polar surface area (TPSA) is 102 Å². The van der Waals surface area contributed by atoms with E-state index in [0.717, 1.165) is 43.4 Å². The maximum absolute atomic E-state index is 14.2. The Morgan fingerprint density at radius 1 is 0.891 bits per heavy atom. The molecule has 0 radical (unpaired) electrons. The van der Waals surface area contributed by atoms with Crippen LogP contribution < -0.4 is 14.4 Å². The number of thioether (sulfide) groups is 1. The number of unbranched alkanes of at least 4 members (excludes halogenated alkanes) is 3. The van der Waals surface area contributed by atoms with E-state index in [1.807, 2.05) is 0 Å². The summed E-state index contributed by atoms with van der Waals surface area (Å²) in [5.74, 6) is -0.645. The van der Waals surface area contributed by atoms with Crippen LogP contribution in [0.5, 0.6) is 11.5 Å². The number of halogens is 1. The first-order valence-electron chi connectivity index (χ1n) is 15.4. The normalized spacial score (nSPS) is 15.8. The molecule has 0 saturated carbocycles. The maximum Gasteiger partial charge on any atom is 0.301 e. The van der Waals surface area contributed by atoms with E-state index in [9.17, 15) is 19.1 Å². The van der Waals surface area contributed by atoms with Crippen molar-refractivity contribution in [1.29, 1.82) is 0 Å². The summed E-state index contributed by atoms with van der Waals surface area (Å²) in [6, 6.07) is 19.5. The lowest BCUT2D eigenvalue weighted by Gasteiger charge is -2.22. The second-order valence-electron chi connectivity index (χ2n) is 10.8. The molecule has 1 aliphatic heterocycles. The Hall–Kier alpha value is -4.22. The van der Waals surface area contributed by atoms with Crippen LogP contribution in [0.2, 0.25) is 0 Å². The highest BCUT2D eigenvalue weighted by Gasteiger charge is 2.48. The van der Waals surface area contributed by atoms with Crippen LogP contribution in [-0.2, 0) is 15.3 Å². The first kappa shape index (κ1) is 33.2. The number of benzene rings is 3. The highest BCUT2D eigenvalue weighted by Crippen LogP contribution is 2.44. The number of aromatic nitrogens is 2. The molecule has 3 aromatic carbocycles. The number of anilines is 1. The van der Waals surface area contributed by atoms with E-state index in [0.29, 0.717) is 51.5 Å². The molecule has 1 amide bonds. The number of ketones is 1. The van der Waals surface area contributed by atoms with Crippen molar-refractivity contribution in [3.05, 3.63) is 101 Å². The third-order valence-corrected chi connectivity index (χ3v) is 9.57. The molecule has 46 heavy (non-hydrogen) atoms. The van der Waals surface area contributed by atoms with Gasteiger partial charge in [-0.2, -0.15) is 0 Å². The van der Waals surface area contributed by atoms with Gasteiger partial charge in [0.2, 0.25) is 5.13 Å². The molecular weight excluding hydrogens is 626 g/mol. The Kier molecular flexibility index (Phi) is 11.4. The third kappa shape index (κ3) is 7.76. The molecule has 4 aromatic rings. The molecule has 1 aliphatic rings. The fourth-order valence-electron chi connectivity index (χ4n) is 4.95. The Morgan fingerprint density at radius 2 is 1.54 bits per heavy atom. The predicted octanol–water partition coefficient (Wildman–Crippen LogP) is 8.34. The number of carbonyl (C=O) groups excluding carboxylic acids is 2. The first-order valence-corrected chi connectivity index (χ1v) is 17.2. The molecule has 1 unspecified atom stereocenters. The van der Waals surface area contributed by atoms with Crippen LogP contribution in [0.3, 0.4) is 0 Å². The van der Waals surface area contributed by atoms with Gasteiger partial charge >= 0.3 is 5.91 Å². The number of nitrogens with zero attached hydrogens (tertiary/aromatic N) is 3. The van der Waals surface area contributed by atoms with Gasteiger partial charge in [0.15, 0.2) is 4.34 Å². The molecule has 240 valence electrons. The van der Waals surface area contributed by atoms with E-state index >= 15 is 0 Å². The van der Waals surface area contributed by atoms with E-state index < -0.39 is 17.7 Å². The molecule has 1 fully saturated rings. The Bertz CT molecular complexity index is 1670. The zero-order valence-corrected chi connectivity index (χ0v) is 27.4. The van der Waals surface area contributed by atoms with Crippen molar-refractivity contribution in [2.45, 2.75) is 62.1 Å². The molecule has 0 aliphatic carbocycles.